The number of Topliss-reactive ketones (excluding diaryl/α,β-unsaturated/α-hetero) is 1. The molecule has 0 spiro atoms. The van der Waals surface area contributed by atoms with Crippen LogP contribution >= 0.6 is 11.8 Å². The van der Waals surface area contributed by atoms with Gasteiger partial charge >= 0.3 is 0 Å². The average molecular weight is 312 g/mol. The molecule has 2 heteroatoms. The van der Waals surface area contributed by atoms with Crippen molar-refractivity contribution in [3.8, 4) is 0 Å². The molecule has 1 unspecified atom stereocenters. The Kier molecular flexibility index (Phi) is 5.47. The van der Waals surface area contributed by atoms with Gasteiger partial charge < -0.3 is 0 Å². The molecule has 1 nitrogen and oxygen atoms in total. The maximum absolute atomic E-state index is 12.2. The number of benzene rings is 2. The predicted molar refractivity (Wildman–Crippen MR) is 95.9 cm³/mol. The van der Waals surface area contributed by atoms with Crippen molar-refractivity contribution in [1.82, 2.24) is 0 Å². The lowest BCUT2D eigenvalue weighted by Gasteiger charge is -2.19. The first-order chi connectivity index (χ1) is 10.4. The molecule has 0 saturated heterocycles. The van der Waals surface area contributed by atoms with E-state index in [0.29, 0.717) is 6.42 Å². The van der Waals surface area contributed by atoms with Gasteiger partial charge in [0, 0.05) is 22.1 Å². The second-order valence-corrected chi connectivity index (χ2v) is 8.21. The van der Waals surface area contributed by atoms with E-state index in [1.54, 1.807) is 11.8 Å². The van der Waals surface area contributed by atoms with Crippen LogP contribution in [0.4, 0.5) is 0 Å². The van der Waals surface area contributed by atoms with Gasteiger partial charge in [0.1, 0.15) is 0 Å². The molecule has 2 aromatic rings. The number of ketones is 1. The molecule has 0 aliphatic heterocycles. The van der Waals surface area contributed by atoms with Crippen LogP contribution in [0.3, 0.4) is 0 Å². The van der Waals surface area contributed by atoms with Gasteiger partial charge in [-0.15, -0.1) is 11.8 Å². The molecule has 0 radical (unpaired) electrons. The van der Waals surface area contributed by atoms with Crippen LogP contribution in [0.1, 0.15) is 50.0 Å². The van der Waals surface area contributed by atoms with Gasteiger partial charge in [-0.2, -0.15) is 0 Å². The highest BCUT2D eigenvalue weighted by Gasteiger charge is 2.15. The molecule has 0 fully saturated rings. The van der Waals surface area contributed by atoms with Crippen molar-refractivity contribution in [2.45, 2.75) is 49.7 Å². The van der Waals surface area contributed by atoms with Crippen LogP contribution < -0.4 is 0 Å². The third-order valence-corrected chi connectivity index (χ3v) is 4.74. The Morgan fingerprint density at radius 3 is 2.14 bits per heavy atom. The van der Waals surface area contributed by atoms with Crippen LogP contribution in [0.25, 0.3) is 0 Å². The number of hydrogen-bond acceptors (Lipinski definition) is 2. The zero-order valence-corrected chi connectivity index (χ0v) is 14.6. The Balaban J connectivity index is 1.95. The predicted octanol–water partition coefficient (Wildman–Crippen LogP) is 5.74. The van der Waals surface area contributed by atoms with E-state index in [4.69, 9.17) is 0 Å². The monoisotopic (exact) mass is 312 g/mol. The molecule has 1 atom stereocenters. The average Bonchev–Trinajstić information content (AvgIpc) is 2.47. The van der Waals surface area contributed by atoms with E-state index in [9.17, 15) is 4.79 Å². The standard InChI is InChI=1S/C20H24OS/c1-15(14-19(21)16-8-6-5-7-9-16)22-18-12-10-17(11-13-18)20(2,3)4/h5-13,15H,14H2,1-4H3. The summed E-state index contributed by atoms with van der Waals surface area (Å²) in [7, 11) is 0. The van der Waals surface area contributed by atoms with Crippen molar-refractivity contribution in [3.63, 3.8) is 0 Å². The summed E-state index contributed by atoms with van der Waals surface area (Å²) in [6.07, 6.45) is 0.565. The number of rotatable bonds is 5. The van der Waals surface area contributed by atoms with Gasteiger partial charge in [0.25, 0.3) is 0 Å². The topological polar surface area (TPSA) is 17.1 Å². The van der Waals surface area contributed by atoms with Gasteiger partial charge in [0.2, 0.25) is 0 Å². The minimum Gasteiger partial charge on any atom is -0.294 e. The van der Waals surface area contributed by atoms with Crippen molar-refractivity contribution >= 4 is 17.5 Å². The zero-order valence-electron chi connectivity index (χ0n) is 13.8. The zero-order chi connectivity index (χ0) is 16.2. The fourth-order valence-electron chi connectivity index (χ4n) is 2.31. The van der Waals surface area contributed by atoms with Crippen molar-refractivity contribution in [2.24, 2.45) is 0 Å². The molecule has 0 aromatic heterocycles. The summed E-state index contributed by atoms with van der Waals surface area (Å²) in [5, 5.41) is 0.271. The smallest absolute Gasteiger partial charge is 0.163 e. The molecule has 0 aliphatic rings. The molecular formula is C20H24OS. The summed E-state index contributed by atoms with van der Waals surface area (Å²) in [6.45, 7) is 8.77. The largest absolute Gasteiger partial charge is 0.294 e. The Labute approximate surface area is 138 Å². The van der Waals surface area contributed by atoms with E-state index in [1.807, 2.05) is 30.3 Å². The Morgan fingerprint density at radius 2 is 1.59 bits per heavy atom. The van der Waals surface area contributed by atoms with Crippen molar-refractivity contribution < 1.29 is 4.79 Å². The van der Waals surface area contributed by atoms with Crippen molar-refractivity contribution in [3.05, 3.63) is 65.7 Å². The van der Waals surface area contributed by atoms with E-state index in [0.717, 1.165) is 5.56 Å². The Morgan fingerprint density at radius 1 is 1.00 bits per heavy atom. The second-order valence-electron chi connectivity index (χ2n) is 6.70. The SMILES string of the molecule is CC(CC(=O)c1ccccc1)Sc1ccc(C(C)(C)C)cc1. The van der Waals surface area contributed by atoms with Crippen LogP contribution in [0.2, 0.25) is 0 Å². The molecule has 0 bridgehead atoms. The molecule has 0 aliphatic carbocycles. The Bertz CT molecular complexity index is 608. The van der Waals surface area contributed by atoms with E-state index < -0.39 is 0 Å². The number of carbonyl (C=O) groups is 1. The molecule has 0 saturated carbocycles. The highest BCUT2D eigenvalue weighted by molar-refractivity contribution is 8.00. The lowest BCUT2D eigenvalue weighted by molar-refractivity contribution is 0.0983. The molecule has 22 heavy (non-hydrogen) atoms. The van der Waals surface area contributed by atoms with E-state index in [-0.39, 0.29) is 16.4 Å². The van der Waals surface area contributed by atoms with Crippen molar-refractivity contribution in [2.75, 3.05) is 0 Å². The van der Waals surface area contributed by atoms with Gasteiger partial charge in [-0.25, -0.2) is 0 Å². The third kappa shape index (κ3) is 4.74. The van der Waals surface area contributed by atoms with Gasteiger partial charge in [-0.05, 0) is 23.1 Å². The van der Waals surface area contributed by atoms with Crippen molar-refractivity contribution in [1.29, 1.82) is 0 Å². The summed E-state index contributed by atoms with van der Waals surface area (Å²) in [5.41, 5.74) is 2.32. The van der Waals surface area contributed by atoms with Crippen LogP contribution in [0, 0.1) is 0 Å². The second kappa shape index (κ2) is 7.15. The first-order valence-electron chi connectivity index (χ1n) is 7.72. The molecule has 116 valence electrons. The number of carbonyl (C=O) groups excluding carboxylic acids is 1. The minimum atomic E-state index is 0.179. The quantitative estimate of drug-likeness (QED) is 0.517. The van der Waals surface area contributed by atoms with Crippen LogP contribution in [0.15, 0.2) is 59.5 Å². The maximum atomic E-state index is 12.2. The summed E-state index contributed by atoms with van der Waals surface area (Å²) < 4.78 is 0. The maximum Gasteiger partial charge on any atom is 0.163 e. The van der Waals surface area contributed by atoms with E-state index >= 15 is 0 Å². The number of thioether (sulfide) groups is 1. The van der Waals surface area contributed by atoms with E-state index in [1.165, 1.54) is 10.5 Å². The lowest BCUT2D eigenvalue weighted by Crippen LogP contribution is -2.10. The summed E-state index contributed by atoms with van der Waals surface area (Å²) in [5.74, 6) is 0.215. The fourth-order valence-corrected chi connectivity index (χ4v) is 3.30. The lowest BCUT2D eigenvalue weighted by atomic mass is 9.87. The van der Waals surface area contributed by atoms with Gasteiger partial charge in [-0.3, -0.25) is 4.79 Å². The molecule has 2 rings (SSSR count). The van der Waals surface area contributed by atoms with E-state index in [2.05, 4.69) is 52.0 Å². The first-order valence-corrected chi connectivity index (χ1v) is 8.59. The molecule has 2 aromatic carbocycles. The van der Waals surface area contributed by atoms with Gasteiger partial charge in [0.05, 0.1) is 0 Å². The molecule has 0 heterocycles. The molecular weight excluding hydrogens is 288 g/mol. The summed E-state index contributed by atoms with van der Waals surface area (Å²) in [6, 6.07) is 18.2. The highest BCUT2D eigenvalue weighted by Crippen LogP contribution is 2.29. The summed E-state index contributed by atoms with van der Waals surface area (Å²) >= 11 is 1.77. The van der Waals surface area contributed by atoms with Crippen LogP contribution in [0.5, 0.6) is 0 Å². The highest BCUT2D eigenvalue weighted by atomic mass is 32.2. The fraction of sp³-hybridized carbons (Fsp3) is 0.350. The van der Waals surface area contributed by atoms with Gasteiger partial charge in [-0.1, -0.05) is 70.2 Å². The third-order valence-electron chi connectivity index (χ3n) is 3.63. The number of hydrogen-bond donors (Lipinski definition) is 0. The Hall–Kier alpha value is -1.54. The van der Waals surface area contributed by atoms with Crippen LogP contribution in [-0.4, -0.2) is 11.0 Å². The summed E-state index contributed by atoms with van der Waals surface area (Å²) in [4.78, 5) is 13.4. The molecule has 0 N–H and O–H groups in total. The van der Waals surface area contributed by atoms with Crippen LogP contribution in [-0.2, 0) is 5.41 Å². The molecule has 0 amide bonds. The normalized spacial score (nSPS) is 12.9. The van der Waals surface area contributed by atoms with Gasteiger partial charge in [0.15, 0.2) is 5.78 Å². The first kappa shape index (κ1) is 16.8. The minimum absolute atomic E-state index is 0.179.